The first kappa shape index (κ1) is 7.86. The number of hydrogen-bond donors (Lipinski definition) is 0. The van der Waals surface area contributed by atoms with E-state index in [-0.39, 0.29) is 5.60 Å². The molecule has 2 nitrogen and oxygen atoms in total. The summed E-state index contributed by atoms with van der Waals surface area (Å²) < 4.78 is 5.30. The summed E-state index contributed by atoms with van der Waals surface area (Å²) >= 11 is 4.47. The van der Waals surface area contributed by atoms with Crippen molar-refractivity contribution < 1.29 is 4.74 Å². The zero-order valence-electron chi connectivity index (χ0n) is 6.09. The summed E-state index contributed by atoms with van der Waals surface area (Å²) in [5.74, 6) is 0. The highest BCUT2D eigenvalue weighted by Gasteiger charge is 2.36. The highest BCUT2D eigenvalue weighted by molar-refractivity contribution is 7.78. The van der Waals surface area contributed by atoms with Gasteiger partial charge in [0.1, 0.15) is 0 Å². The molecule has 0 spiro atoms. The molecule has 0 radical (unpaired) electrons. The van der Waals surface area contributed by atoms with Crippen LogP contribution in [0.5, 0.6) is 0 Å². The summed E-state index contributed by atoms with van der Waals surface area (Å²) in [4.78, 5) is 3.88. The summed E-state index contributed by atoms with van der Waals surface area (Å²) in [6.07, 6.45) is 3.48. The summed E-state index contributed by atoms with van der Waals surface area (Å²) in [6, 6.07) is 0. The average Bonchev–Trinajstić information content (AvgIpc) is 1.87. The van der Waals surface area contributed by atoms with Gasteiger partial charge in [-0.05, 0) is 31.5 Å². The van der Waals surface area contributed by atoms with Crippen molar-refractivity contribution in [3.05, 3.63) is 0 Å². The van der Waals surface area contributed by atoms with E-state index in [0.29, 0.717) is 6.54 Å². The van der Waals surface area contributed by atoms with Crippen molar-refractivity contribution in [1.29, 1.82) is 0 Å². The van der Waals surface area contributed by atoms with E-state index in [4.69, 9.17) is 4.74 Å². The first-order valence-electron chi connectivity index (χ1n) is 3.42. The zero-order valence-corrected chi connectivity index (χ0v) is 6.91. The van der Waals surface area contributed by atoms with Crippen molar-refractivity contribution in [3.8, 4) is 0 Å². The van der Waals surface area contributed by atoms with Gasteiger partial charge in [-0.3, -0.25) is 0 Å². The Labute approximate surface area is 66.3 Å². The molecule has 0 atom stereocenters. The smallest absolute Gasteiger partial charge is 0.0881 e. The number of rotatable bonds is 3. The van der Waals surface area contributed by atoms with Crippen LogP contribution in [-0.4, -0.2) is 24.4 Å². The number of isothiocyanates is 1. The SMILES string of the molecule is COC1(CN=C=S)CCC1. The molecular weight excluding hydrogens is 146 g/mol. The molecule has 0 saturated heterocycles. The van der Waals surface area contributed by atoms with Gasteiger partial charge in [0.2, 0.25) is 0 Å². The number of hydrogen-bond acceptors (Lipinski definition) is 3. The molecule has 1 aliphatic carbocycles. The van der Waals surface area contributed by atoms with E-state index in [9.17, 15) is 0 Å². The Morgan fingerprint density at radius 1 is 1.70 bits per heavy atom. The molecule has 0 bridgehead atoms. The minimum atomic E-state index is 0.0197. The predicted molar refractivity (Wildman–Crippen MR) is 43.5 cm³/mol. The normalized spacial score (nSPS) is 20.9. The van der Waals surface area contributed by atoms with E-state index >= 15 is 0 Å². The van der Waals surface area contributed by atoms with E-state index in [1.807, 2.05) is 0 Å². The molecule has 56 valence electrons. The van der Waals surface area contributed by atoms with Crippen LogP contribution in [0.15, 0.2) is 4.99 Å². The number of methoxy groups -OCH3 is 1. The summed E-state index contributed by atoms with van der Waals surface area (Å²) in [7, 11) is 1.73. The zero-order chi connectivity index (χ0) is 7.45. The van der Waals surface area contributed by atoms with Crippen LogP contribution in [0.25, 0.3) is 0 Å². The third-order valence-corrected chi connectivity index (χ3v) is 2.26. The Morgan fingerprint density at radius 2 is 2.40 bits per heavy atom. The second-order valence-corrected chi connectivity index (χ2v) is 2.83. The van der Waals surface area contributed by atoms with Gasteiger partial charge in [0.05, 0.1) is 17.3 Å². The molecule has 0 unspecified atom stereocenters. The van der Waals surface area contributed by atoms with Crippen LogP contribution in [0.1, 0.15) is 19.3 Å². The van der Waals surface area contributed by atoms with E-state index in [0.717, 1.165) is 12.8 Å². The minimum Gasteiger partial charge on any atom is -0.376 e. The molecule has 0 N–H and O–H groups in total. The Kier molecular flexibility index (Phi) is 2.55. The van der Waals surface area contributed by atoms with E-state index in [2.05, 4.69) is 22.4 Å². The molecule has 0 aromatic carbocycles. The summed E-state index contributed by atoms with van der Waals surface area (Å²) in [5.41, 5.74) is 0.0197. The van der Waals surface area contributed by atoms with Crippen LogP contribution < -0.4 is 0 Å². The predicted octanol–water partition coefficient (Wildman–Crippen LogP) is 1.66. The number of ether oxygens (including phenoxy) is 1. The maximum absolute atomic E-state index is 5.30. The fraction of sp³-hybridized carbons (Fsp3) is 0.857. The second kappa shape index (κ2) is 3.24. The molecule has 1 fully saturated rings. The standard InChI is InChI=1S/C7H11NOS/c1-9-7(3-2-4-7)5-8-6-10/h2-5H2,1H3. The van der Waals surface area contributed by atoms with Gasteiger partial charge >= 0.3 is 0 Å². The van der Waals surface area contributed by atoms with Crippen molar-refractivity contribution in [3.63, 3.8) is 0 Å². The van der Waals surface area contributed by atoms with Crippen LogP contribution in [0.3, 0.4) is 0 Å². The minimum absolute atomic E-state index is 0.0197. The number of thiocarbonyl (C=S) groups is 1. The van der Waals surface area contributed by atoms with Crippen LogP contribution in [0.4, 0.5) is 0 Å². The highest BCUT2D eigenvalue weighted by atomic mass is 32.1. The Bertz CT molecular complexity index is 153. The summed E-state index contributed by atoms with van der Waals surface area (Å²) in [5, 5.41) is 2.35. The van der Waals surface area contributed by atoms with E-state index < -0.39 is 0 Å². The average molecular weight is 157 g/mol. The lowest BCUT2D eigenvalue weighted by Crippen LogP contribution is -2.41. The summed E-state index contributed by atoms with van der Waals surface area (Å²) in [6.45, 7) is 0.688. The fourth-order valence-corrected chi connectivity index (χ4v) is 1.24. The van der Waals surface area contributed by atoms with Crippen LogP contribution in [0.2, 0.25) is 0 Å². The molecule has 0 heterocycles. The number of nitrogens with zero attached hydrogens (tertiary/aromatic N) is 1. The Morgan fingerprint density at radius 3 is 2.70 bits per heavy atom. The first-order chi connectivity index (χ1) is 4.83. The molecule has 3 heteroatoms. The van der Waals surface area contributed by atoms with Gasteiger partial charge < -0.3 is 4.74 Å². The van der Waals surface area contributed by atoms with E-state index in [1.165, 1.54) is 6.42 Å². The number of aliphatic imine (C=N–C) groups is 1. The second-order valence-electron chi connectivity index (χ2n) is 2.65. The van der Waals surface area contributed by atoms with Gasteiger partial charge in [0.15, 0.2) is 0 Å². The van der Waals surface area contributed by atoms with Crippen molar-refractivity contribution in [1.82, 2.24) is 0 Å². The third-order valence-electron chi connectivity index (χ3n) is 2.13. The lowest BCUT2D eigenvalue weighted by molar-refractivity contribution is -0.0628. The maximum Gasteiger partial charge on any atom is 0.0881 e. The van der Waals surface area contributed by atoms with Crippen LogP contribution >= 0.6 is 12.2 Å². The van der Waals surface area contributed by atoms with Crippen molar-refractivity contribution in [2.45, 2.75) is 24.9 Å². The van der Waals surface area contributed by atoms with Gasteiger partial charge in [0.25, 0.3) is 0 Å². The maximum atomic E-state index is 5.30. The fourth-order valence-electron chi connectivity index (χ4n) is 1.17. The van der Waals surface area contributed by atoms with E-state index in [1.54, 1.807) is 7.11 Å². The molecule has 10 heavy (non-hydrogen) atoms. The Hall–Kier alpha value is -0.240. The largest absolute Gasteiger partial charge is 0.376 e. The lowest BCUT2D eigenvalue weighted by atomic mass is 9.80. The van der Waals surface area contributed by atoms with Crippen LogP contribution in [0, 0.1) is 0 Å². The topological polar surface area (TPSA) is 21.6 Å². The molecule has 1 aliphatic rings. The van der Waals surface area contributed by atoms with Gasteiger partial charge in [-0.15, -0.1) is 0 Å². The van der Waals surface area contributed by atoms with Gasteiger partial charge in [-0.25, -0.2) is 4.99 Å². The van der Waals surface area contributed by atoms with Gasteiger partial charge in [-0.1, -0.05) is 0 Å². The molecule has 1 rings (SSSR count). The molecule has 0 aliphatic heterocycles. The first-order valence-corrected chi connectivity index (χ1v) is 3.83. The molecule has 0 aromatic rings. The van der Waals surface area contributed by atoms with Crippen molar-refractivity contribution in [2.24, 2.45) is 4.99 Å². The quantitative estimate of drug-likeness (QED) is 0.459. The molecule has 1 saturated carbocycles. The highest BCUT2D eigenvalue weighted by Crippen LogP contribution is 2.34. The molecule has 0 aromatic heterocycles. The monoisotopic (exact) mass is 157 g/mol. The lowest BCUT2D eigenvalue weighted by Gasteiger charge is -2.38. The Balaban J connectivity index is 2.40. The third kappa shape index (κ3) is 1.43. The van der Waals surface area contributed by atoms with Crippen LogP contribution in [-0.2, 0) is 4.74 Å². The van der Waals surface area contributed by atoms with Crippen molar-refractivity contribution in [2.75, 3.05) is 13.7 Å². The van der Waals surface area contributed by atoms with Gasteiger partial charge in [0, 0.05) is 7.11 Å². The molecular formula is C7H11NOS. The molecule has 0 amide bonds. The van der Waals surface area contributed by atoms with Gasteiger partial charge in [-0.2, -0.15) is 0 Å². The van der Waals surface area contributed by atoms with Crippen molar-refractivity contribution >= 4 is 17.4 Å².